The number of ether oxygens (including phenoxy) is 1. The molecule has 3 nitrogen and oxygen atoms in total. The van der Waals surface area contributed by atoms with Gasteiger partial charge in [-0.1, -0.05) is 42.5 Å². The number of esters is 1. The minimum absolute atomic E-state index is 0.158. The van der Waals surface area contributed by atoms with Gasteiger partial charge in [-0.3, -0.25) is 4.79 Å². The summed E-state index contributed by atoms with van der Waals surface area (Å²) in [7, 11) is 3.35. The van der Waals surface area contributed by atoms with Gasteiger partial charge in [0.15, 0.2) is 0 Å². The van der Waals surface area contributed by atoms with Gasteiger partial charge in [0.1, 0.15) is 0 Å². The molecule has 0 fully saturated rings. The van der Waals surface area contributed by atoms with Crippen LogP contribution in [0.15, 0.2) is 42.5 Å². The lowest BCUT2D eigenvalue weighted by Crippen LogP contribution is -2.18. The van der Waals surface area contributed by atoms with Crippen LogP contribution in [-0.4, -0.2) is 20.1 Å². The van der Waals surface area contributed by atoms with Gasteiger partial charge in [0.2, 0.25) is 0 Å². The van der Waals surface area contributed by atoms with Crippen LogP contribution in [0.25, 0.3) is 10.8 Å². The molecule has 0 saturated heterocycles. The topological polar surface area (TPSA) is 38.3 Å². The van der Waals surface area contributed by atoms with Gasteiger partial charge in [-0.05, 0) is 29.8 Å². The van der Waals surface area contributed by atoms with Crippen LogP contribution in [0.2, 0.25) is 0 Å². The standard InChI is InChI=1S/C16H19NO2/c1-17-15(10-11-16(18)19-2)14-9-5-7-12-6-3-4-8-13(12)14/h3-9,15,17H,10-11H2,1-2H3. The summed E-state index contributed by atoms with van der Waals surface area (Å²) >= 11 is 0. The van der Waals surface area contributed by atoms with Crippen LogP contribution in [0.1, 0.15) is 24.4 Å². The first-order chi connectivity index (χ1) is 9.26. The maximum absolute atomic E-state index is 11.3. The number of benzene rings is 2. The summed E-state index contributed by atoms with van der Waals surface area (Å²) in [6.45, 7) is 0. The Bertz CT molecular complexity index is 560. The van der Waals surface area contributed by atoms with Crippen LogP contribution in [0, 0.1) is 0 Å². The van der Waals surface area contributed by atoms with Gasteiger partial charge >= 0.3 is 5.97 Å². The van der Waals surface area contributed by atoms with E-state index >= 15 is 0 Å². The van der Waals surface area contributed by atoms with E-state index in [0.29, 0.717) is 6.42 Å². The van der Waals surface area contributed by atoms with Gasteiger partial charge in [0, 0.05) is 12.5 Å². The third kappa shape index (κ3) is 3.12. The SMILES string of the molecule is CNC(CCC(=O)OC)c1cccc2ccccc12. The maximum atomic E-state index is 11.3. The molecule has 0 bridgehead atoms. The number of rotatable bonds is 5. The van der Waals surface area contributed by atoms with Crippen molar-refractivity contribution in [1.29, 1.82) is 0 Å². The largest absolute Gasteiger partial charge is 0.469 e. The second-order valence-corrected chi connectivity index (χ2v) is 4.52. The first-order valence-electron chi connectivity index (χ1n) is 6.48. The van der Waals surface area contributed by atoms with Gasteiger partial charge < -0.3 is 10.1 Å². The van der Waals surface area contributed by atoms with Gasteiger partial charge in [0.05, 0.1) is 7.11 Å². The van der Waals surface area contributed by atoms with E-state index in [1.165, 1.54) is 23.4 Å². The molecule has 0 spiro atoms. The number of hydrogen-bond donors (Lipinski definition) is 1. The summed E-state index contributed by atoms with van der Waals surface area (Å²) in [6, 6.07) is 14.7. The van der Waals surface area contributed by atoms with Gasteiger partial charge in [-0.2, -0.15) is 0 Å². The Morgan fingerprint density at radius 2 is 1.95 bits per heavy atom. The quantitative estimate of drug-likeness (QED) is 0.837. The molecule has 0 saturated carbocycles. The number of carbonyl (C=O) groups excluding carboxylic acids is 1. The lowest BCUT2D eigenvalue weighted by atomic mass is 9.96. The lowest BCUT2D eigenvalue weighted by Gasteiger charge is -2.18. The molecule has 2 rings (SSSR count). The summed E-state index contributed by atoms with van der Waals surface area (Å²) in [5.74, 6) is -0.166. The zero-order chi connectivity index (χ0) is 13.7. The molecule has 0 heterocycles. The molecule has 100 valence electrons. The van der Waals surface area contributed by atoms with Crippen LogP contribution in [0.3, 0.4) is 0 Å². The molecule has 0 aliphatic rings. The lowest BCUT2D eigenvalue weighted by molar-refractivity contribution is -0.140. The van der Waals surface area contributed by atoms with Crippen molar-refractivity contribution in [2.24, 2.45) is 0 Å². The number of carbonyl (C=O) groups is 1. The molecule has 1 unspecified atom stereocenters. The molecule has 0 aromatic heterocycles. The molecule has 0 aliphatic carbocycles. The second kappa shape index (κ2) is 6.34. The molecular weight excluding hydrogens is 238 g/mol. The van der Waals surface area contributed by atoms with E-state index in [9.17, 15) is 4.79 Å². The summed E-state index contributed by atoms with van der Waals surface area (Å²) in [5.41, 5.74) is 1.23. The third-order valence-corrected chi connectivity index (χ3v) is 3.41. The van der Waals surface area contributed by atoms with Crippen LogP contribution in [0.4, 0.5) is 0 Å². The van der Waals surface area contributed by atoms with E-state index in [-0.39, 0.29) is 12.0 Å². The highest BCUT2D eigenvalue weighted by Crippen LogP contribution is 2.26. The van der Waals surface area contributed by atoms with Crippen LogP contribution < -0.4 is 5.32 Å². The summed E-state index contributed by atoms with van der Waals surface area (Å²) in [5, 5.41) is 5.73. The van der Waals surface area contributed by atoms with Crippen LogP contribution >= 0.6 is 0 Å². The molecule has 0 radical (unpaired) electrons. The van der Waals surface area contributed by atoms with Gasteiger partial charge in [-0.25, -0.2) is 0 Å². The zero-order valence-electron chi connectivity index (χ0n) is 11.3. The van der Waals surface area contributed by atoms with Gasteiger partial charge in [0.25, 0.3) is 0 Å². The third-order valence-electron chi connectivity index (χ3n) is 3.41. The number of methoxy groups -OCH3 is 1. The Morgan fingerprint density at radius 3 is 2.68 bits per heavy atom. The van der Waals surface area contributed by atoms with Crippen molar-refractivity contribution in [3.8, 4) is 0 Å². The van der Waals surface area contributed by atoms with Crippen molar-refractivity contribution in [2.45, 2.75) is 18.9 Å². The first-order valence-corrected chi connectivity index (χ1v) is 6.48. The van der Waals surface area contributed by atoms with E-state index in [1.807, 2.05) is 19.2 Å². The minimum Gasteiger partial charge on any atom is -0.469 e. The summed E-state index contributed by atoms with van der Waals surface area (Å²) < 4.78 is 4.70. The second-order valence-electron chi connectivity index (χ2n) is 4.52. The molecule has 1 N–H and O–H groups in total. The highest BCUT2D eigenvalue weighted by molar-refractivity contribution is 5.86. The number of fused-ring (bicyclic) bond motifs is 1. The minimum atomic E-state index is -0.166. The Labute approximate surface area is 113 Å². The molecule has 0 aliphatic heterocycles. The van der Waals surface area contributed by atoms with Crippen molar-refractivity contribution in [3.63, 3.8) is 0 Å². The van der Waals surface area contributed by atoms with Crippen molar-refractivity contribution >= 4 is 16.7 Å². The molecule has 2 aromatic carbocycles. The molecule has 0 amide bonds. The smallest absolute Gasteiger partial charge is 0.305 e. The fourth-order valence-electron chi connectivity index (χ4n) is 2.37. The Morgan fingerprint density at radius 1 is 1.21 bits per heavy atom. The average molecular weight is 257 g/mol. The fraction of sp³-hybridized carbons (Fsp3) is 0.312. The summed E-state index contributed by atoms with van der Waals surface area (Å²) in [4.78, 5) is 11.3. The van der Waals surface area contributed by atoms with Crippen LogP contribution in [-0.2, 0) is 9.53 Å². The first kappa shape index (κ1) is 13.6. The normalized spacial score (nSPS) is 12.3. The van der Waals surface area contributed by atoms with Gasteiger partial charge in [-0.15, -0.1) is 0 Å². The van der Waals surface area contributed by atoms with E-state index < -0.39 is 0 Å². The highest BCUT2D eigenvalue weighted by Gasteiger charge is 2.14. The summed E-state index contributed by atoms with van der Waals surface area (Å²) in [6.07, 6.45) is 1.16. The molecule has 1 atom stereocenters. The van der Waals surface area contributed by atoms with Crippen molar-refractivity contribution < 1.29 is 9.53 Å². The monoisotopic (exact) mass is 257 g/mol. The Balaban J connectivity index is 2.27. The Hall–Kier alpha value is -1.87. The maximum Gasteiger partial charge on any atom is 0.305 e. The van der Waals surface area contributed by atoms with Crippen molar-refractivity contribution in [3.05, 3.63) is 48.0 Å². The van der Waals surface area contributed by atoms with Crippen molar-refractivity contribution in [2.75, 3.05) is 14.2 Å². The van der Waals surface area contributed by atoms with E-state index in [1.54, 1.807) is 0 Å². The van der Waals surface area contributed by atoms with E-state index in [4.69, 9.17) is 4.74 Å². The van der Waals surface area contributed by atoms with Crippen molar-refractivity contribution in [1.82, 2.24) is 5.32 Å². The average Bonchev–Trinajstić information content (AvgIpc) is 2.47. The fourth-order valence-corrected chi connectivity index (χ4v) is 2.37. The molecular formula is C16H19NO2. The number of nitrogens with one attached hydrogen (secondary N) is 1. The number of hydrogen-bond acceptors (Lipinski definition) is 3. The highest BCUT2D eigenvalue weighted by atomic mass is 16.5. The predicted octanol–water partition coefficient (Wildman–Crippen LogP) is 3.05. The van der Waals surface area contributed by atoms with Crippen LogP contribution in [0.5, 0.6) is 0 Å². The zero-order valence-corrected chi connectivity index (χ0v) is 11.3. The van der Waals surface area contributed by atoms with E-state index in [2.05, 4.69) is 35.6 Å². The molecule has 19 heavy (non-hydrogen) atoms. The molecule has 2 aromatic rings. The predicted molar refractivity (Wildman–Crippen MR) is 77.0 cm³/mol. The molecule has 3 heteroatoms. The Kier molecular flexibility index (Phi) is 4.53. The van der Waals surface area contributed by atoms with E-state index in [0.717, 1.165) is 6.42 Å².